The fraction of sp³-hybridized carbons (Fsp3) is 0.143. The number of aromatic nitrogens is 4. The van der Waals surface area contributed by atoms with E-state index in [4.69, 9.17) is 0 Å². The van der Waals surface area contributed by atoms with Crippen LogP contribution in [0.3, 0.4) is 0 Å². The Bertz CT molecular complexity index is 712. The van der Waals surface area contributed by atoms with E-state index < -0.39 is 0 Å². The molecule has 0 aliphatic heterocycles. The molecule has 0 aliphatic rings. The smallest absolute Gasteiger partial charge is 0.227 e. The molecule has 102 valence electrons. The molecule has 4 nitrogen and oxygen atoms in total. The number of rotatable bonds is 2. The molecule has 0 saturated heterocycles. The molecule has 6 heteroatoms. The van der Waals surface area contributed by atoms with Crippen molar-refractivity contribution in [2.24, 2.45) is 14.1 Å². The minimum atomic E-state index is 1.01. The van der Waals surface area contributed by atoms with Gasteiger partial charge in [0.2, 0.25) is 0 Å². The van der Waals surface area contributed by atoms with E-state index in [0.29, 0.717) is 0 Å². The van der Waals surface area contributed by atoms with E-state index in [0.717, 1.165) is 20.8 Å². The van der Waals surface area contributed by atoms with Gasteiger partial charge >= 0.3 is 9.47 Å². The van der Waals surface area contributed by atoms with Crippen LogP contribution in [0.15, 0.2) is 58.5 Å². The highest BCUT2D eigenvalue weighted by atomic mass is 79.9. The van der Waals surface area contributed by atoms with E-state index in [2.05, 4.69) is 65.3 Å². The summed E-state index contributed by atoms with van der Waals surface area (Å²) in [5.41, 5.74) is 2.22. The summed E-state index contributed by atoms with van der Waals surface area (Å²) < 4.78 is 10.3. The van der Waals surface area contributed by atoms with E-state index in [1.54, 1.807) is 0 Å². The summed E-state index contributed by atoms with van der Waals surface area (Å²) in [4.78, 5) is 0. The van der Waals surface area contributed by atoms with Crippen LogP contribution in [0.4, 0.5) is 0 Å². The van der Waals surface area contributed by atoms with Crippen LogP contribution < -0.4 is 9.13 Å². The third-order valence-electron chi connectivity index (χ3n) is 3.24. The van der Waals surface area contributed by atoms with Gasteiger partial charge in [-0.3, -0.25) is 0 Å². The largest absolute Gasteiger partial charge is 0.330 e. The first-order chi connectivity index (χ1) is 9.58. The van der Waals surface area contributed by atoms with Gasteiger partial charge in [-0.1, -0.05) is 6.07 Å². The minimum Gasteiger partial charge on any atom is -0.227 e. The molecule has 0 saturated carbocycles. The van der Waals surface area contributed by atoms with Crippen molar-refractivity contribution < 1.29 is 9.13 Å². The van der Waals surface area contributed by atoms with Crippen molar-refractivity contribution in [2.45, 2.75) is 0 Å². The summed E-state index contributed by atoms with van der Waals surface area (Å²) in [6.45, 7) is 0. The van der Waals surface area contributed by atoms with Gasteiger partial charge in [0.15, 0.2) is 0 Å². The number of hydrogen-bond donors (Lipinski definition) is 0. The standard InChI is InChI=1S/C14H14Br2N4/c1-17-6-8-19(13(17)15)11-4-3-5-12(10-11)20-9-7-18(2)14(20)16/h3-10H,1-2H3/q+2. The van der Waals surface area contributed by atoms with Crippen molar-refractivity contribution in [1.29, 1.82) is 0 Å². The van der Waals surface area contributed by atoms with Crippen molar-refractivity contribution in [2.75, 3.05) is 0 Å². The van der Waals surface area contributed by atoms with E-state index in [1.807, 2.05) is 48.0 Å². The Morgan fingerprint density at radius 3 is 1.65 bits per heavy atom. The van der Waals surface area contributed by atoms with Gasteiger partial charge in [-0.05, 0) is 12.1 Å². The maximum atomic E-state index is 3.59. The van der Waals surface area contributed by atoms with E-state index in [9.17, 15) is 0 Å². The molecule has 1 aromatic carbocycles. The highest BCUT2D eigenvalue weighted by molar-refractivity contribution is 9.10. The number of benzene rings is 1. The second-order valence-corrected chi connectivity index (χ2v) is 6.03. The SMILES string of the molecule is C[n+]1ccn(-c2cccc(-n3cc[n+](C)c3Br)c2)c1Br. The lowest BCUT2D eigenvalue weighted by molar-refractivity contribution is -0.682. The molecule has 3 aromatic rings. The first-order valence-corrected chi connectivity index (χ1v) is 7.72. The van der Waals surface area contributed by atoms with Crippen molar-refractivity contribution >= 4 is 31.9 Å². The van der Waals surface area contributed by atoms with Gasteiger partial charge in [-0.25, -0.2) is 9.13 Å². The lowest BCUT2D eigenvalue weighted by Crippen LogP contribution is -2.27. The quantitative estimate of drug-likeness (QED) is 0.591. The fourth-order valence-corrected chi connectivity index (χ4v) is 2.98. The topological polar surface area (TPSA) is 17.6 Å². The predicted molar refractivity (Wildman–Crippen MR) is 82.8 cm³/mol. The van der Waals surface area contributed by atoms with Gasteiger partial charge in [0.05, 0.1) is 14.1 Å². The van der Waals surface area contributed by atoms with Gasteiger partial charge in [0, 0.05) is 37.9 Å². The summed E-state index contributed by atoms with van der Waals surface area (Å²) in [6.07, 6.45) is 8.10. The van der Waals surface area contributed by atoms with E-state index in [-0.39, 0.29) is 0 Å². The van der Waals surface area contributed by atoms with Crippen molar-refractivity contribution in [3.8, 4) is 11.4 Å². The van der Waals surface area contributed by atoms with Gasteiger partial charge in [-0.15, -0.1) is 0 Å². The number of halogens is 2. The van der Waals surface area contributed by atoms with Crippen LogP contribution in [0.25, 0.3) is 11.4 Å². The zero-order chi connectivity index (χ0) is 14.3. The van der Waals surface area contributed by atoms with Gasteiger partial charge in [-0.2, -0.15) is 9.13 Å². The summed E-state index contributed by atoms with van der Waals surface area (Å²) in [5.74, 6) is 0. The van der Waals surface area contributed by atoms with E-state index >= 15 is 0 Å². The van der Waals surface area contributed by atoms with Crippen LogP contribution in [0.1, 0.15) is 0 Å². The molecule has 0 aliphatic carbocycles. The lowest BCUT2D eigenvalue weighted by atomic mass is 10.2. The average molecular weight is 398 g/mol. The summed E-state index contributed by atoms with van der Waals surface area (Å²) in [5, 5.41) is 0. The maximum absolute atomic E-state index is 3.59. The van der Waals surface area contributed by atoms with Crippen LogP contribution >= 0.6 is 31.9 Å². The Kier molecular flexibility index (Phi) is 3.52. The summed E-state index contributed by atoms with van der Waals surface area (Å²) in [7, 11) is 4.01. The van der Waals surface area contributed by atoms with Crippen molar-refractivity contribution in [1.82, 2.24) is 9.13 Å². The van der Waals surface area contributed by atoms with Crippen molar-refractivity contribution in [3.05, 3.63) is 58.5 Å². The summed E-state index contributed by atoms with van der Waals surface area (Å²) >= 11 is 7.18. The maximum Gasteiger partial charge on any atom is 0.330 e. The zero-order valence-corrected chi connectivity index (χ0v) is 14.3. The third kappa shape index (κ3) is 2.23. The normalized spacial score (nSPS) is 11.0. The Labute approximate surface area is 134 Å². The number of hydrogen-bond acceptors (Lipinski definition) is 0. The molecule has 3 rings (SSSR count). The molecule has 0 atom stereocenters. The second-order valence-electron chi connectivity index (χ2n) is 4.62. The van der Waals surface area contributed by atoms with Crippen molar-refractivity contribution in [3.63, 3.8) is 0 Å². The molecule has 0 amide bonds. The molecule has 20 heavy (non-hydrogen) atoms. The first kappa shape index (κ1) is 13.6. The van der Waals surface area contributed by atoms with Crippen LogP contribution in [0, 0.1) is 0 Å². The highest BCUT2D eigenvalue weighted by Crippen LogP contribution is 2.19. The third-order valence-corrected chi connectivity index (χ3v) is 5.13. The molecule has 0 unspecified atom stereocenters. The molecule has 0 spiro atoms. The van der Waals surface area contributed by atoms with Gasteiger partial charge in [0.1, 0.15) is 36.2 Å². The Morgan fingerprint density at radius 2 is 1.30 bits per heavy atom. The number of aryl methyl sites for hydroxylation is 2. The van der Waals surface area contributed by atoms with Crippen LogP contribution in [-0.2, 0) is 14.1 Å². The Morgan fingerprint density at radius 1 is 0.850 bits per heavy atom. The lowest BCUT2D eigenvalue weighted by Gasteiger charge is -2.01. The molecule has 0 bridgehead atoms. The predicted octanol–water partition coefficient (Wildman–Crippen LogP) is 2.44. The minimum absolute atomic E-state index is 1.01. The highest BCUT2D eigenvalue weighted by Gasteiger charge is 2.17. The van der Waals surface area contributed by atoms with Crippen LogP contribution in [0.5, 0.6) is 0 Å². The van der Waals surface area contributed by atoms with Gasteiger partial charge in [0.25, 0.3) is 0 Å². The van der Waals surface area contributed by atoms with Gasteiger partial charge < -0.3 is 0 Å². The molecular formula is C14H14Br2N4+2. The Balaban J connectivity index is 2.11. The monoisotopic (exact) mass is 396 g/mol. The second kappa shape index (κ2) is 5.18. The molecular weight excluding hydrogens is 384 g/mol. The fourth-order valence-electron chi connectivity index (χ4n) is 2.10. The van der Waals surface area contributed by atoms with E-state index in [1.165, 1.54) is 0 Å². The molecule has 0 N–H and O–H groups in total. The molecule has 2 aromatic heterocycles. The molecule has 2 heterocycles. The first-order valence-electron chi connectivity index (χ1n) is 6.13. The van der Waals surface area contributed by atoms with Crippen LogP contribution in [-0.4, -0.2) is 9.13 Å². The summed E-state index contributed by atoms with van der Waals surface area (Å²) in [6, 6.07) is 8.39. The molecule has 0 radical (unpaired) electrons. The average Bonchev–Trinajstić information content (AvgIpc) is 2.95. The molecule has 0 fully saturated rings. The number of imidazole rings is 2. The zero-order valence-electron chi connectivity index (χ0n) is 11.2. The Hall–Kier alpha value is -1.40. The number of nitrogens with zero attached hydrogens (tertiary/aromatic N) is 4. The van der Waals surface area contributed by atoms with Crippen LogP contribution in [0.2, 0.25) is 0 Å².